The second-order valence-corrected chi connectivity index (χ2v) is 7.61. The van der Waals surface area contributed by atoms with Gasteiger partial charge in [-0.15, -0.1) is 0 Å². The predicted molar refractivity (Wildman–Crippen MR) is 109 cm³/mol. The van der Waals surface area contributed by atoms with Gasteiger partial charge in [-0.1, -0.05) is 34.8 Å². The van der Waals surface area contributed by atoms with Crippen LogP contribution in [0.4, 0.5) is 10.2 Å². The minimum atomic E-state index is -0.333. The van der Waals surface area contributed by atoms with Crippen LogP contribution in [0.3, 0.4) is 0 Å². The summed E-state index contributed by atoms with van der Waals surface area (Å²) in [5, 5.41) is 1.14. The largest absolute Gasteiger partial charge is 0.457 e. The molecule has 144 valence electrons. The van der Waals surface area contributed by atoms with E-state index in [0.29, 0.717) is 32.5 Å². The molecule has 1 aliphatic heterocycles. The Morgan fingerprint density at radius 1 is 1.04 bits per heavy atom. The number of rotatable bonds is 4. The summed E-state index contributed by atoms with van der Waals surface area (Å²) in [4.78, 5) is 10.5. The second kappa shape index (κ2) is 8.11. The molecule has 0 spiro atoms. The number of benzene rings is 2. The Morgan fingerprint density at radius 3 is 2.68 bits per heavy atom. The third kappa shape index (κ3) is 4.02. The molecular weight excluding hydrogens is 424 g/mol. The summed E-state index contributed by atoms with van der Waals surface area (Å²) in [5.41, 5.74) is 0.727. The van der Waals surface area contributed by atoms with Gasteiger partial charge in [-0.3, -0.25) is 4.98 Å². The van der Waals surface area contributed by atoms with Crippen molar-refractivity contribution in [3.63, 3.8) is 0 Å². The molecule has 1 aliphatic rings. The number of nitrogens with zero attached hydrogens (tertiary/aromatic N) is 3. The summed E-state index contributed by atoms with van der Waals surface area (Å²) in [6, 6.07) is 9.38. The molecule has 0 amide bonds. The summed E-state index contributed by atoms with van der Waals surface area (Å²) >= 11 is 18.1. The van der Waals surface area contributed by atoms with Crippen molar-refractivity contribution < 1.29 is 9.13 Å². The molecule has 0 radical (unpaired) electrons. The van der Waals surface area contributed by atoms with Crippen LogP contribution in [0, 0.1) is 5.82 Å². The molecule has 1 atom stereocenters. The molecule has 3 aromatic rings. The van der Waals surface area contributed by atoms with Crippen molar-refractivity contribution >= 4 is 40.6 Å². The fraction of sp³-hybridized carbons (Fsp3) is 0.200. The molecule has 0 N–H and O–H groups in total. The lowest BCUT2D eigenvalue weighted by molar-refractivity contribution is 0.466. The fourth-order valence-corrected chi connectivity index (χ4v) is 3.81. The van der Waals surface area contributed by atoms with Crippen molar-refractivity contribution in [2.24, 2.45) is 0 Å². The standard InChI is InChI=1S/C20H15Cl3FN3O/c21-15-5-4-13(9-16(15)22)28-18-6-3-12(24)8-14(18)17-2-1-7-27(17)20-11-25-10-19(23)26-20/h3-6,8-11,17H,1-2,7H2/t17-/m1/s1. The van der Waals surface area contributed by atoms with E-state index in [0.717, 1.165) is 24.9 Å². The Bertz CT molecular complexity index is 1020. The van der Waals surface area contributed by atoms with Crippen molar-refractivity contribution in [2.45, 2.75) is 18.9 Å². The smallest absolute Gasteiger partial charge is 0.149 e. The van der Waals surface area contributed by atoms with Crippen molar-refractivity contribution in [1.82, 2.24) is 9.97 Å². The van der Waals surface area contributed by atoms with Crippen molar-refractivity contribution in [1.29, 1.82) is 0 Å². The van der Waals surface area contributed by atoms with Crippen LogP contribution >= 0.6 is 34.8 Å². The summed E-state index contributed by atoms with van der Waals surface area (Å²) < 4.78 is 20.1. The molecule has 28 heavy (non-hydrogen) atoms. The Morgan fingerprint density at radius 2 is 1.89 bits per heavy atom. The van der Waals surface area contributed by atoms with Crippen LogP contribution in [0.1, 0.15) is 24.4 Å². The Labute approximate surface area is 176 Å². The molecule has 1 saturated heterocycles. The quantitative estimate of drug-likeness (QED) is 0.454. The van der Waals surface area contributed by atoms with Gasteiger partial charge in [-0.05, 0) is 43.2 Å². The highest BCUT2D eigenvalue weighted by molar-refractivity contribution is 6.42. The molecule has 0 bridgehead atoms. The van der Waals surface area contributed by atoms with Crippen LogP contribution in [0.5, 0.6) is 11.5 Å². The third-order valence-electron chi connectivity index (χ3n) is 4.59. The lowest BCUT2D eigenvalue weighted by Gasteiger charge is -2.27. The van der Waals surface area contributed by atoms with Crippen LogP contribution in [-0.4, -0.2) is 16.5 Å². The van der Waals surface area contributed by atoms with Gasteiger partial charge in [0.1, 0.15) is 28.3 Å². The molecule has 0 aliphatic carbocycles. The van der Waals surface area contributed by atoms with E-state index in [2.05, 4.69) is 14.9 Å². The van der Waals surface area contributed by atoms with E-state index in [1.165, 1.54) is 18.3 Å². The number of aromatic nitrogens is 2. The monoisotopic (exact) mass is 437 g/mol. The Hall–Kier alpha value is -2.08. The maximum atomic E-state index is 14.1. The highest BCUT2D eigenvalue weighted by atomic mass is 35.5. The first kappa shape index (κ1) is 19.2. The average Bonchev–Trinajstić information content (AvgIpc) is 3.16. The summed E-state index contributed by atoms with van der Waals surface area (Å²) in [6.07, 6.45) is 4.90. The minimum absolute atomic E-state index is 0.110. The first-order valence-corrected chi connectivity index (χ1v) is 9.81. The zero-order chi connectivity index (χ0) is 19.7. The molecule has 8 heteroatoms. The van der Waals surface area contributed by atoms with Gasteiger partial charge < -0.3 is 9.64 Å². The van der Waals surface area contributed by atoms with E-state index >= 15 is 0 Å². The first-order chi connectivity index (χ1) is 13.5. The van der Waals surface area contributed by atoms with E-state index in [-0.39, 0.29) is 11.9 Å². The van der Waals surface area contributed by atoms with Gasteiger partial charge in [0.25, 0.3) is 0 Å². The molecular formula is C20H15Cl3FN3O. The minimum Gasteiger partial charge on any atom is -0.457 e. The fourth-order valence-electron chi connectivity index (χ4n) is 3.38. The van der Waals surface area contributed by atoms with Crippen LogP contribution < -0.4 is 9.64 Å². The maximum Gasteiger partial charge on any atom is 0.149 e. The molecule has 0 unspecified atom stereocenters. The third-order valence-corrected chi connectivity index (χ3v) is 5.51. The van der Waals surface area contributed by atoms with E-state index in [1.807, 2.05) is 0 Å². The number of ether oxygens (including phenoxy) is 1. The Balaban J connectivity index is 1.70. The lowest BCUT2D eigenvalue weighted by atomic mass is 10.0. The van der Waals surface area contributed by atoms with E-state index < -0.39 is 0 Å². The van der Waals surface area contributed by atoms with Gasteiger partial charge in [-0.25, -0.2) is 9.37 Å². The second-order valence-electron chi connectivity index (χ2n) is 6.41. The van der Waals surface area contributed by atoms with Gasteiger partial charge in [0, 0.05) is 18.2 Å². The van der Waals surface area contributed by atoms with Gasteiger partial charge in [0.15, 0.2) is 0 Å². The van der Waals surface area contributed by atoms with Gasteiger partial charge >= 0.3 is 0 Å². The van der Waals surface area contributed by atoms with Gasteiger partial charge in [-0.2, -0.15) is 0 Å². The lowest BCUT2D eigenvalue weighted by Crippen LogP contribution is -2.24. The van der Waals surface area contributed by atoms with E-state index in [1.54, 1.807) is 30.5 Å². The highest BCUT2D eigenvalue weighted by Crippen LogP contribution is 2.41. The van der Waals surface area contributed by atoms with Crippen LogP contribution in [0.2, 0.25) is 15.2 Å². The zero-order valence-corrected chi connectivity index (χ0v) is 16.8. The number of anilines is 1. The SMILES string of the molecule is Fc1ccc(Oc2ccc(Cl)c(Cl)c2)c([C@H]2CCCN2c2cncc(Cl)n2)c1. The highest BCUT2D eigenvalue weighted by Gasteiger charge is 2.30. The first-order valence-electron chi connectivity index (χ1n) is 8.68. The van der Waals surface area contributed by atoms with E-state index in [9.17, 15) is 4.39 Å². The number of hydrogen-bond donors (Lipinski definition) is 0. The molecule has 0 saturated carbocycles. The predicted octanol–water partition coefficient (Wildman–Crippen LogP) is 6.71. The van der Waals surface area contributed by atoms with Crippen molar-refractivity contribution in [3.05, 3.63) is 75.4 Å². The Kier molecular flexibility index (Phi) is 5.58. The normalized spacial score (nSPS) is 16.4. The zero-order valence-electron chi connectivity index (χ0n) is 14.6. The summed E-state index contributed by atoms with van der Waals surface area (Å²) in [5.74, 6) is 1.39. The molecule has 2 heterocycles. The van der Waals surface area contributed by atoms with Gasteiger partial charge in [0.05, 0.1) is 28.5 Å². The number of halogens is 4. The topological polar surface area (TPSA) is 38.2 Å². The molecule has 4 nitrogen and oxygen atoms in total. The molecule has 2 aromatic carbocycles. The van der Waals surface area contributed by atoms with Crippen molar-refractivity contribution in [3.8, 4) is 11.5 Å². The molecule has 1 aromatic heterocycles. The van der Waals surface area contributed by atoms with Crippen LogP contribution in [-0.2, 0) is 0 Å². The summed E-state index contributed by atoms with van der Waals surface area (Å²) in [7, 11) is 0. The van der Waals surface area contributed by atoms with E-state index in [4.69, 9.17) is 39.5 Å². The molecule has 1 fully saturated rings. The number of hydrogen-bond acceptors (Lipinski definition) is 4. The van der Waals surface area contributed by atoms with Gasteiger partial charge in [0.2, 0.25) is 0 Å². The maximum absolute atomic E-state index is 14.1. The molecule has 4 rings (SSSR count). The van der Waals surface area contributed by atoms with Crippen LogP contribution in [0.25, 0.3) is 0 Å². The van der Waals surface area contributed by atoms with Crippen molar-refractivity contribution in [2.75, 3.05) is 11.4 Å². The average molecular weight is 439 g/mol. The summed E-state index contributed by atoms with van der Waals surface area (Å²) in [6.45, 7) is 0.766. The van der Waals surface area contributed by atoms with Crippen LogP contribution in [0.15, 0.2) is 48.8 Å².